The Morgan fingerprint density at radius 1 is 0.325 bits per heavy atom. The highest BCUT2D eigenvalue weighted by molar-refractivity contribution is 5.76. The van der Waals surface area contributed by atoms with Gasteiger partial charge in [0.2, 0.25) is 5.91 Å². The van der Waals surface area contributed by atoms with Gasteiger partial charge < -0.3 is 20.3 Å². The van der Waals surface area contributed by atoms with Crippen molar-refractivity contribution in [2.24, 2.45) is 0 Å². The van der Waals surface area contributed by atoms with Gasteiger partial charge in [-0.3, -0.25) is 9.59 Å². The zero-order valence-corrected chi connectivity index (χ0v) is 56.2. The van der Waals surface area contributed by atoms with E-state index in [0.717, 1.165) is 44.9 Å². The molecule has 2 unspecified atom stereocenters. The first-order valence-corrected chi connectivity index (χ1v) is 37.8. The molecule has 0 aliphatic heterocycles. The summed E-state index contributed by atoms with van der Waals surface area (Å²) in [4.78, 5) is 24.6. The van der Waals surface area contributed by atoms with Gasteiger partial charge in [-0.05, 0) is 83.5 Å². The summed E-state index contributed by atoms with van der Waals surface area (Å²) in [5, 5.41) is 23.3. The summed E-state index contributed by atoms with van der Waals surface area (Å²) in [5.41, 5.74) is 0. The summed E-state index contributed by atoms with van der Waals surface area (Å²) in [6, 6.07) is -0.630. The van der Waals surface area contributed by atoms with Crippen LogP contribution < -0.4 is 5.32 Å². The molecule has 0 aliphatic rings. The molecule has 6 heteroatoms. The van der Waals surface area contributed by atoms with Crippen molar-refractivity contribution in [3.63, 3.8) is 0 Å². The molecule has 2 atom stereocenters. The quantitative estimate of drug-likeness (QED) is 0.0320. The zero-order chi connectivity index (χ0) is 59.9. The second kappa shape index (κ2) is 72.6. The molecule has 0 rings (SSSR count). The lowest BCUT2D eigenvalue weighted by atomic mass is 10.0. The molecule has 0 aromatic carbocycles. The Hall–Kier alpha value is -1.92. The topological polar surface area (TPSA) is 95.9 Å². The molecular formula is C77H147NO5. The Bertz CT molecular complexity index is 1340. The van der Waals surface area contributed by atoms with E-state index in [9.17, 15) is 19.8 Å². The van der Waals surface area contributed by atoms with E-state index in [1.807, 2.05) is 6.08 Å². The first-order valence-electron chi connectivity index (χ1n) is 37.8. The average molecular weight is 1170 g/mol. The number of allylic oxidation sites excluding steroid dienone is 5. The number of carbonyl (C=O) groups excluding carboxylic acids is 2. The van der Waals surface area contributed by atoms with Crippen molar-refractivity contribution >= 4 is 11.9 Å². The molecule has 6 nitrogen and oxygen atoms in total. The van der Waals surface area contributed by atoms with Crippen LogP contribution in [0.15, 0.2) is 36.5 Å². The van der Waals surface area contributed by atoms with Gasteiger partial charge in [0.05, 0.1) is 25.4 Å². The van der Waals surface area contributed by atoms with Crippen LogP contribution in [0.25, 0.3) is 0 Å². The van der Waals surface area contributed by atoms with Crippen LogP contribution in [0.1, 0.15) is 418 Å². The van der Waals surface area contributed by atoms with Crippen LogP contribution in [0.4, 0.5) is 0 Å². The Kier molecular flexibility index (Phi) is 70.9. The first-order chi connectivity index (χ1) is 41.0. The number of nitrogens with one attached hydrogen (secondary N) is 1. The maximum absolute atomic E-state index is 12.5. The van der Waals surface area contributed by atoms with Crippen LogP contribution in [-0.4, -0.2) is 47.4 Å². The van der Waals surface area contributed by atoms with Gasteiger partial charge in [-0.15, -0.1) is 0 Å². The van der Waals surface area contributed by atoms with E-state index < -0.39 is 12.1 Å². The lowest BCUT2D eigenvalue weighted by molar-refractivity contribution is -0.143. The Balaban J connectivity index is 3.40. The van der Waals surface area contributed by atoms with Gasteiger partial charge in [0.15, 0.2) is 0 Å². The van der Waals surface area contributed by atoms with Gasteiger partial charge in [-0.1, -0.05) is 359 Å². The summed E-state index contributed by atoms with van der Waals surface area (Å²) in [7, 11) is 0. The highest BCUT2D eigenvalue weighted by atomic mass is 16.5. The third kappa shape index (κ3) is 69.1. The second-order valence-electron chi connectivity index (χ2n) is 26.0. The van der Waals surface area contributed by atoms with Crippen LogP contribution >= 0.6 is 0 Å². The predicted octanol–water partition coefficient (Wildman–Crippen LogP) is 24.7. The third-order valence-corrected chi connectivity index (χ3v) is 17.6. The molecule has 1 amide bonds. The summed E-state index contributed by atoms with van der Waals surface area (Å²) in [6.07, 6.45) is 93.8. The second-order valence-corrected chi connectivity index (χ2v) is 26.0. The maximum atomic E-state index is 12.5. The fourth-order valence-electron chi connectivity index (χ4n) is 11.9. The third-order valence-electron chi connectivity index (χ3n) is 17.6. The number of ether oxygens (including phenoxy) is 1. The molecule has 3 N–H and O–H groups in total. The van der Waals surface area contributed by atoms with Crippen LogP contribution in [0.2, 0.25) is 0 Å². The number of amides is 1. The van der Waals surface area contributed by atoms with E-state index >= 15 is 0 Å². The van der Waals surface area contributed by atoms with Gasteiger partial charge in [0.25, 0.3) is 0 Å². The van der Waals surface area contributed by atoms with Crippen LogP contribution in [-0.2, 0) is 14.3 Å². The van der Waals surface area contributed by atoms with Crippen molar-refractivity contribution < 1.29 is 24.5 Å². The van der Waals surface area contributed by atoms with Gasteiger partial charge in [-0.25, -0.2) is 0 Å². The van der Waals surface area contributed by atoms with E-state index in [4.69, 9.17) is 4.74 Å². The molecule has 0 saturated carbocycles. The molecule has 0 aromatic heterocycles. The van der Waals surface area contributed by atoms with Crippen molar-refractivity contribution in [3.05, 3.63) is 36.5 Å². The standard InChI is InChI=1S/C77H147NO5/c1-3-5-7-9-11-13-15-17-19-21-22-23-31-34-38-41-45-49-53-57-61-65-69-75(80)74(73-79)78-76(81)70-66-62-58-54-50-46-42-39-35-32-29-27-25-24-26-28-30-33-36-40-44-48-52-56-60-64-68-72-83-77(82)71-67-63-59-55-51-47-43-37-20-18-16-14-12-10-8-6-4-2/h18,20,24-25,65,69,74-75,79-80H,3-17,19,21-23,26-64,66-68,70-73H2,1-2H3,(H,78,81)/b20-18-,25-24-,69-65+. The minimum Gasteiger partial charge on any atom is -0.466 e. The molecule has 490 valence electrons. The molecule has 0 aliphatic carbocycles. The highest BCUT2D eigenvalue weighted by Crippen LogP contribution is 2.19. The fourth-order valence-corrected chi connectivity index (χ4v) is 11.9. The van der Waals surface area contributed by atoms with E-state index in [1.165, 1.54) is 347 Å². The van der Waals surface area contributed by atoms with E-state index in [2.05, 4.69) is 43.5 Å². The van der Waals surface area contributed by atoms with Crippen LogP contribution in [0.5, 0.6) is 0 Å². The monoisotopic (exact) mass is 1170 g/mol. The molecule has 83 heavy (non-hydrogen) atoms. The van der Waals surface area contributed by atoms with E-state index in [-0.39, 0.29) is 18.5 Å². The van der Waals surface area contributed by atoms with Crippen molar-refractivity contribution in [2.45, 2.75) is 431 Å². The van der Waals surface area contributed by atoms with Gasteiger partial charge in [0, 0.05) is 12.8 Å². The van der Waals surface area contributed by atoms with Gasteiger partial charge >= 0.3 is 5.97 Å². The number of rotatable bonds is 71. The number of esters is 1. The summed E-state index contributed by atoms with van der Waals surface area (Å²) >= 11 is 0. The number of hydrogen-bond donors (Lipinski definition) is 3. The molecule has 0 aromatic rings. The molecule has 0 fully saturated rings. The van der Waals surface area contributed by atoms with Crippen molar-refractivity contribution in [1.29, 1.82) is 0 Å². The average Bonchev–Trinajstić information content (AvgIpc) is 3.49. The molecule has 0 bridgehead atoms. The van der Waals surface area contributed by atoms with Crippen molar-refractivity contribution in [1.82, 2.24) is 5.32 Å². The maximum Gasteiger partial charge on any atom is 0.305 e. The smallest absolute Gasteiger partial charge is 0.305 e. The molecular weight excluding hydrogens is 1020 g/mol. The predicted molar refractivity (Wildman–Crippen MR) is 366 cm³/mol. The highest BCUT2D eigenvalue weighted by Gasteiger charge is 2.18. The largest absolute Gasteiger partial charge is 0.466 e. The normalized spacial score (nSPS) is 12.7. The van der Waals surface area contributed by atoms with Gasteiger partial charge in [-0.2, -0.15) is 0 Å². The number of aliphatic hydroxyl groups excluding tert-OH is 2. The molecule has 0 spiro atoms. The van der Waals surface area contributed by atoms with Crippen LogP contribution in [0, 0.1) is 0 Å². The van der Waals surface area contributed by atoms with Crippen molar-refractivity contribution in [3.8, 4) is 0 Å². The zero-order valence-electron chi connectivity index (χ0n) is 56.2. The lowest BCUT2D eigenvalue weighted by Crippen LogP contribution is -2.45. The van der Waals surface area contributed by atoms with Crippen molar-refractivity contribution in [2.75, 3.05) is 13.2 Å². The summed E-state index contributed by atoms with van der Waals surface area (Å²) in [6.45, 7) is 4.94. The summed E-state index contributed by atoms with van der Waals surface area (Å²) < 4.78 is 5.50. The lowest BCUT2D eigenvalue weighted by Gasteiger charge is -2.20. The fraction of sp³-hybridized carbons (Fsp3) is 0.896. The molecule has 0 radical (unpaired) electrons. The molecule has 0 saturated heterocycles. The number of aliphatic hydroxyl groups is 2. The van der Waals surface area contributed by atoms with Crippen LogP contribution in [0.3, 0.4) is 0 Å². The SMILES string of the molecule is CCCCCCCC/C=C\CCCCCCCCCC(=O)OCCCCCCCCCCCCCC/C=C\CCCCCCCCCCCCCC(=O)NC(CO)C(O)/C=C/CCCCCCCCCCCCCCCCCCCCCC. The minimum atomic E-state index is -0.847. The number of hydrogen-bond acceptors (Lipinski definition) is 5. The molecule has 0 heterocycles. The van der Waals surface area contributed by atoms with E-state index in [1.54, 1.807) is 6.08 Å². The number of carbonyl (C=O) groups is 2. The summed E-state index contributed by atoms with van der Waals surface area (Å²) in [5.74, 6) is -0.0526. The Morgan fingerprint density at radius 3 is 0.855 bits per heavy atom. The minimum absolute atomic E-state index is 0.0121. The first kappa shape index (κ1) is 81.1. The Morgan fingerprint density at radius 2 is 0.566 bits per heavy atom. The van der Waals surface area contributed by atoms with E-state index in [0.29, 0.717) is 19.4 Å². The number of unbranched alkanes of at least 4 members (excludes halogenated alkanes) is 56. The Labute approximate surface area is 519 Å². The van der Waals surface area contributed by atoms with Gasteiger partial charge in [0.1, 0.15) is 0 Å².